The number of nitrogens with one attached hydrogen (secondary N) is 1. The van der Waals surface area contributed by atoms with Gasteiger partial charge in [0.05, 0.1) is 11.1 Å². The minimum absolute atomic E-state index is 0.0790. The Kier molecular flexibility index (Phi) is 7.32. The first kappa shape index (κ1) is 22.2. The lowest BCUT2D eigenvalue weighted by atomic mass is 10.1. The highest BCUT2D eigenvalue weighted by Gasteiger charge is 2.41. The molecular weight excluding hydrogens is 414 g/mol. The Morgan fingerprint density at radius 1 is 0.625 bits per heavy atom. The fourth-order valence-corrected chi connectivity index (χ4v) is 2.74. The molecule has 0 aliphatic carbocycles. The Hall–Kier alpha value is -4.46. The number of amides is 1. The number of esters is 2. The van der Waals surface area contributed by atoms with Crippen LogP contribution in [0.2, 0.25) is 0 Å². The second kappa shape index (κ2) is 10.5. The quantitative estimate of drug-likeness (QED) is 0.524. The molecule has 0 aliphatic rings. The number of rotatable bonds is 8. The predicted molar refractivity (Wildman–Crippen MR) is 114 cm³/mol. The Labute approximate surface area is 183 Å². The largest absolute Gasteiger partial charge is 0.478 e. The van der Waals surface area contributed by atoms with Crippen molar-refractivity contribution in [1.82, 2.24) is 0 Å². The highest BCUT2D eigenvalue weighted by Crippen LogP contribution is 2.16. The van der Waals surface area contributed by atoms with Gasteiger partial charge < -0.3 is 19.9 Å². The average Bonchev–Trinajstić information content (AvgIpc) is 2.82. The SMILES string of the molecule is O=C(OC(C(=O)O)C(OC(=O)c1ccccc1)C(=O)Nc1ccccc1)c1ccccc1. The number of carbonyl (C=O) groups excluding carboxylic acids is 3. The molecule has 0 aromatic heterocycles. The number of hydrogen-bond donors (Lipinski definition) is 2. The molecule has 8 heteroatoms. The minimum atomic E-state index is -2.08. The second-order valence-electron chi connectivity index (χ2n) is 6.58. The number of anilines is 1. The number of aliphatic carboxylic acids is 1. The van der Waals surface area contributed by atoms with E-state index < -0.39 is 36.0 Å². The van der Waals surface area contributed by atoms with Crippen molar-refractivity contribution >= 4 is 29.5 Å². The lowest BCUT2D eigenvalue weighted by Gasteiger charge is -2.23. The number of benzene rings is 3. The van der Waals surface area contributed by atoms with Crippen LogP contribution in [0.4, 0.5) is 5.69 Å². The van der Waals surface area contributed by atoms with Crippen molar-refractivity contribution in [2.24, 2.45) is 0 Å². The van der Waals surface area contributed by atoms with Crippen molar-refractivity contribution in [3.8, 4) is 0 Å². The maximum absolute atomic E-state index is 12.9. The van der Waals surface area contributed by atoms with Crippen molar-refractivity contribution in [3.63, 3.8) is 0 Å². The van der Waals surface area contributed by atoms with E-state index in [1.54, 1.807) is 66.7 Å². The van der Waals surface area contributed by atoms with Crippen molar-refractivity contribution in [2.75, 3.05) is 5.32 Å². The molecule has 3 rings (SSSR count). The van der Waals surface area contributed by atoms with Crippen LogP contribution < -0.4 is 5.32 Å². The van der Waals surface area contributed by atoms with Crippen LogP contribution in [0.5, 0.6) is 0 Å². The number of ether oxygens (including phenoxy) is 2. The van der Waals surface area contributed by atoms with Gasteiger partial charge in [-0.2, -0.15) is 0 Å². The highest BCUT2D eigenvalue weighted by molar-refractivity contribution is 6.01. The van der Waals surface area contributed by atoms with E-state index in [1.807, 2.05) is 0 Å². The molecule has 0 aliphatic heterocycles. The number of para-hydroxylation sites is 1. The first-order valence-corrected chi connectivity index (χ1v) is 9.56. The van der Waals surface area contributed by atoms with Crippen molar-refractivity contribution < 1.29 is 33.8 Å². The van der Waals surface area contributed by atoms with Crippen LogP contribution in [0.25, 0.3) is 0 Å². The van der Waals surface area contributed by atoms with Crippen LogP contribution in [-0.4, -0.2) is 41.1 Å². The Morgan fingerprint density at radius 2 is 1.03 bits per heavy atom. The molecule has 8 nitrogen and oxygen atoms in total. The lowest BCUT2D eigenvalue weighted by molar-refractivity contribution is -0.157. The summed E-state index contributed by atoms with van der Waals surface area (Å²) in [5.74, 6) is -4.54. The molecule has 0 bridgehead atoms. The zero-order valence-corrected chi connectivity index (χ0v) is 16.7. The molecular formula is C24H19NO7. The van der Waals surface area contributed by atoms with Gasteiger partial charge in [-0.3, -0.25) is 4.79 Å². The Bertz CT molecular complexity index is 1090. The van der Waals surface area contributed by atoms with Gasteiger partial charge in [0, 0.05) is 5.69 Å². The van der Waals surface area contributed by atoms with Crippen molar-refractivity contribution in [2.45, 2.75) is 12.2 Å². The molecule has 0 saturated heterocycles. The summed E-state index contributed by atoms with van der Waals surface area (Å²) in [6.45, 7) is 0. The van der Waals surface area contributed by atoms with Gasteiger partial charge in [0.1, 0.15) is 0 Å². The van der Waals surface area contributed by atoms with Crippen LogP contribution >= 0.6 is 0 Å². The summed E-state index contributed by atoms with van der Waals surface area (Å²) in [6.07, 6.45) is -4.04. The molecule has 0 heterocycles. The fraction of sp³-hybridized carbons (Fsp3) is 0.0833. The van der Waals surface area contributed by atoms with Gasteiger partial charge in [-0.25, -0.2) is 14.4 Å². The second-order valence-corrected chi connectivity index (χ2v) is 6.58. The van der Waals surface area contributed by atoms with E-state index in [4.69, 9.17) is 9.47 Å². The van der Waals surface area contributed by atoms with E-state index in [2.05, 4.69) is 5.32 Å². The first-order valence-electron chi connectivity index (χ1n) is 9.56. The van der Waals surface area contributed by atoms with Crippen molar-refractivity contribution in [3.05, 3.63) is 102 Å². The van der Waals surface area contributed by atoms with Gasteiger partial charge in [-0.05, 0) is 36.4 Å². The average molecular weight is 433 g/mol. The molecule has 2 atom stereocenters. The van der Waals surface area contributed by atoms with E-state index in [1.165, 1.54) is 24.3 Å². The summed E-state index contributed by atoms with van der Waals surface area (Å²) in [5, 5.41) is 12.2. The van der Waals surface area contributed by atoms with Crippen LogP contribution in [0.3, 0.4) is 0 Å². The number of carboxylic acid groups (broad SMARTS) is 1. The van der Waals surface area contributed by atoms with E-state index in [-0.39, 0.29) is 11.1 Å². The van der Waals surface area contributed by atoms with E-state index >= 15 is 0 Å². The van der Waals surface area contributed by atoms with Crippen LogP contribution in [-0.2, 0) is 19.1 Å². The molecule has 0 spiro atoms. The standard InChI is InChI=1S/C24H19NO7/c26-21(25-18-14-8-3-9-15-18)19(31-23(29)16-10-4-1-5-11-16)20(22(27)28)32-24(30)17-12-6-2-7-13-17/h1-15,19-20H,(H,25,26)(H,27,28). The highest BCUT2D eigenvalue weighted by atomic mass is 16.6. The lowest BCUT2D eigenvalue weighted by Crippen LogP contribution is -2.48. The third-order valence-corrected chi connectivity index (χ3v) is 4.31. The molecule has 0 radical (unpaired) electrons. The number of carbonyl (C=O) groups is 4. The zero-order chi connectivity index (χ0) is 22.9. The monoisotopic (exact) mass is 433 g/mol. The molecule has 2 unspecified atom stereocenters. The fourth-order valence-electron chi connectivity index (χ4n) is 2.74. The minimum Gasteiger partial charge on any atom is -0.478 e. The van der Waals surface area contributed by atoms with Gasteiger partial charge in [-0.1, -0.05) is 54.6 Å². The summed E-state index contributed by atoms with van der Waals surface area (Å²) in [6, 6.07) is 23.6. The Balaban J connectivity index is 1.88. The van der Waals surface area contributed by atoms with E-state index in [9.17, 15) is 24.3 Å². The van der Waals surface area contributed by atoms with Crippen LogP contribution in [0, 0.1) is 0 Å². The van der Waals surface area contributed by atoms with Gasteiger partial charge >= 0.3 is 17.9 Å². The summed E-state index contributed by atoms with van der Waals surface area (Å²) in [4.78, 5) is 49.8. The number of hydrogen-bond acceptors (Lipinski definition) is 6. The van der Waals surface area contributed by atoms with Gasteiger partial charge in [-0.15, -0.1) is 0 Å². The van der Waals surface area contributed by atoms with Gasteiger partial charge in [0.25, 0.3) is 5.91 Å². The predicted octanol–water partition coefficient (Wildman–Crippen LogP) is 3.16. The molecule has 2 N–H and O–H groups in total. The third kappa shape index (κ3) is 5.79. The van der Waals surface area contributed by atoms with Crippen molar-refractivity contribution in [1.29, 1.82) is 0 Å². The summed E-state index contributed by atoms with van der Waals surface area (Å²) in [7, 11) is 0. The molecule has 0 saturated carbocycles. The maximum Gasteiger partial charge on any atom is 0.349 e. The molecule has 32 heavy (non-hydrogen) atoms. The summed E-state index contributed by atoms with van der Waals surface area (Å²) >= 11 is 0. The zero-order valence-electron chi connectivity index (χ0n) is 16.7. The first-order chi connectivity index (χ1) is 15.5. The van der Waals surface area contributed by atoms with Crippen LogP contribution in [0.1, 0.15) is 20.7 Å². The smallest absolute Gasteiger partial charge is 0.349 e. The van der Waals surface area contributed by atoms with E-state index in [0.29, 0.717) is 5.69 Å². The molecule has 3 aromatic carbocycles. The topological polar surface area (TPSA) is 119 Å². The normalized spacial score (nSPS) is 12.1. The molecule has 3 aromatic rings. The van der Waals surface area contributed by atoms with E-state index in [0.717, 1.165) is 0 Å². The summed E-state index contributed by atoms with van der Waals surface area (Å²) in [5.41, 5.74) is 0.524. The van der Waals surface area contributed by atoms with Crippen LogP contribution in [0.15, 0.2) is 91.0 Å². The number of carboxylic acids is 1. The van der Waals surface area contributed by atoms with Gasteiger partial charge in [0.2, 0.25) is 12.2 Å². The third-order valence-electron chi connectivity index (χ3n) is 4.31. The maximum atomic E-state index is 12.9. The summed E-state index contributed by atoms with van der Waals surface area (Å²) < 4.78 is 10.3. The molecule has 1 amide bonds. The molecule has 0 fully saturated rings. The van der Waals surface area contributed by atoms with Gasteiger partial charge in [0.15, 0.2) is 0 Å². The Morgan fingerprint density at radius 3 is 1.47 bits per heavy atom. The molecule has 162 valence electrons.